The van der Waals surface area contributed by atoms with Crippen molar-refractivity contribution >= 4 is 17.2 Å². The molecule has 0 bridgehead atoms. The number of benzene rings is 1. The fourth-order valence-electron chi connectivity index (χ4n) is 2.52. The van der Waals surface area contributed by atoms with Crippen molar-refractivity contribution in [2.75, 3.05) is 0 Å². The summed E-state index contributed by atoms with van der Waals surface area (Å²) < 4.78 is 11.1. The second-order valence-electron chi connectivity index (χ2n) is 5.99. The number of ether oxygens (including phenoxy) is 1. The number of aromatic nitrogens is 2. The Morgan fingerprint density at radius 1 is 1.35 bits per heavy atom. The first-order chi connectivity index (χ1) is 12.6. The number of thiophene rings is 1. The Bertz CT molecular complexity index is 874. The molecule has 1 atom stereocenters. The molecule has 1 unspecified atom stereocenters. The van der Waals surface area contributed by atoms with E-state index in [-0.39, 0.29) is 12.5 Å². The van der Waals surface area contributed by atoms with Crippen LogP contribution in [0, 0.1) is 13.8 Å². The van der Waals surface area contributed by atoms with Crippen molar-refractivity contribution in [2.24, 2.45) is 0 Å². The highest BCUT2D eigenvalue weighted by atomic mass is 32.1. The lowest BCUT2D eigenvalue weighted by Crippen LogP contribution is -2.37. The van der Waals surface area contributed by atoms with Gasteiger partial charge in [-0.2, -0.15) is 4.98 Å². The highest BCUT2D eigenvalue weighted by molar-refractivity contribution is 7.13. The van der Waals surface area contributed by atoms with Gasteiger partial charge in [0.25, 0.3) is 5.91 Å². The lowest BCUT2D eigenvalue weighted by molar-refractivity contribution is -0.128. The van der Waals surface area contributed by atoms with Gasteiger partial charge in [0.05, 0.1) is 11.4 Å². The molecule has 0 saturated carbocycles. The second-order valence-corrected chi connectivity index (χ2v) is 6.94. The van der Waals surface area contributed by atoms with Crippen LogP contribution >= 0.6 is 11.3 Å². The molecule has 136 valence electrons. The maximum atomic E-state index is 12.4. The van der Waals surface area contributed by atoms with E-state index in [2.05, 4.69) is 15.5 Å². The topological polar surface area (TPSA) is 77.2 Å². The molecule has 0 spiro atoms. The largest absolute Gasteiger partial charge is 0.480 e. The first kappa shape index (κ1) is 18.1. The van der Waals surface area contributed by atoms with Gasteiger partial charge >= 0.3 is 0 Å². The molecule has 26 heavy (non-hydrogen) atoms. The minimum atomic E-state index is -0.573. The number of carbonyl (C=O) groups excluding carboxylic acids is 1. The maximum Gasteiger partial charge on any atom is 0.261 e. The van der Waals surface area contributed by atoms with E-state index in [0.717, 1.165) is 21.8 Å². The predicted octanol–water partition coefficient (Wildman–Crippen LogP) is 3.89. The van der Waals surface area contributed by atoms with Gasteiger partial charge in [0.15, 0.2) is 6.10 Å². The van der Waals surface area contributed by atoms with E-state index >= 15 is 0 Å². The number of aryl methyl sites for hydroxylation is 2. The molecule has 1 amide bonds. The smallest absolute Gasteiger partial charge is 0.261 e. The fraction of sp³-hybridized carbons (Fsp3) is 0.316. The number of rotatable bonds is 7. The molecule has 6 nitrogen and oxygen atoms in total. The molecule has 0 aliphatic heterocycles. The summed E-state index contributed by atoms with van der Waals surface area (Å²) in [6.45, 7) is 6.08. The molecule has 2 heterocycles. The summed E-state index contributed by atoms with van der Waals surface area (Å²) >= 11 is 1.53. The predicted molar refractivity (Wildman–Crippen MR) is 100 cm³/mol. The Morgan fingerprint density at radius 3 is 2.88 bits per heavy atom. The lowest BCUT2D eigenvalue weighted by atomic mass is 10.1. The first-order valence-corrected chi connectivity index (χ1v) is 9.33. The number of carbonyl (C=O) groups is 1. The second kappa shape index (κ2) is 8.14. The van der Waals surface area contributed by atoms with Crippen LogP contribution in [0.4, 0.5) is 0 Å². The van der Waals surface area contributed by atoms with Crippen molar-refractivity contribution in [3.8, 4) is 16.5 Å². The molecule has 3 rings (SSSR count). The average molecular weight is 371 g/mol. The zero-order chi connectivity index (χ0) is 18.5. The summed E-state index contributed by atoms with van der Waals surface area (Å²) in [5.41, 5.74) is 2.17. The molecule has 3 aromatic rings. The molecule has 0 radical (unpaired) electrons. The van der Waals surface area contributed by atoms with E-state index in [1.165, 1.54) is 11.3 Å². The van der Waals surface area contributed by atoms with Crippen molar-refractivity contribution < 1.29 is 14.1 Å². The summed E-state index contributed by atoms with van der Waals surface area (Å²) in [4.78, 5) is 17.7. The molecule has 1 aromatic carbocycles. The van der Waals surface area contributed by atoms with Gasteiger partial charge in [0.2, 0.25) is 11.7 Å². The number of hydrogen-bond donors (Lipinski definition) is 1. The van der Waals surface area contributed by atoms with E-state index in [1.807, 2.05) is 56.5 Å². The molecule has 0 fully saturated rings. The van der Waals surface area contributed by atoms with E-state index in [4.69, 9.17) is 9.26 Å². The van der Waals surface area contributed by atoms with Crippen LogP contribution < -0.4 is 10.1 Å². The third kappa shape index (κ3) is 4.29. The summed E-state index contributed by atoms with van der Waals surface area (Å²) in [6.07, 6.45) is -0.0141. The van der Waals surface area contributed by atoms with Crippen molar-refractivity contribution in [1.29, 1.82) is 0 Å². The van der Waals surface area contributed by atoms with E-state index < -0.39 is 6.10 Å². The molecule has 1 N–H and O–H groups in total. The van der Waals surface area contributed by atoms with Gasteiger partial charge in [0, 0.05) is 0 Å². The SMILES string of the molecule is CCC(Oc1ccc(C)cc1C)C(=O)NCc1nc(-c2cccs2)no1. The summed E-state index contributed by atoms with van der Waals surface area (Å²) in [6, 6.07) is 9.74. The number of nitrogens with zero attached hydrogens (tertiary/aromatic N) is 2. The zero-order valence-electron chi connectivity index (χ0n) is 15.0. The lowest BCUT2D eigenvalue weighted by Gasteiger charge is -2.18. The number of nitrogens with one attached hydrogen (secondary N) is 1. The van der Waals surface area contributed by atoms with Gasteiger partial charge in [0.1, 0.15) is 5.75 Å². The molecule has 0 aliphatic carbocycles. The Hall–Kier alpha value is -2.67. The number of hydrogen-bond acceptors (Lipinski definition) is 6. The molecular formula is C19H21N3O3S. The first-order valence-electron chi connectivity index (χ1n) is 8.45. The van der Waals surface area contributed by atoms with Crippen LogP contribution in [0.5, 0.6) is 5.75 Å². The highest BCUT2D eigenvalue weighted by Gasteiger charge is 2.20. The van der Waals surface area contributed by atoms with Crippen molar-refractivity contribution in [3.05, 3.63) is 52.7 Å². The van der Waals surface area contributed by atoms with Crippen LogP contribution in [-0.2, 0) is 11.3 Å². The van der Waals surface area contributed by atoms with Crippen LogP contribution in [0.15, 0.2) is 40.2 Å². The third-order valence-corrected chi connectivity index (χ3v) is 4.75. The fourth-order valence-corrected chi connectivity index (χ4v) is 3.17. The maximum absolute atomic E-state index is 12.4. The van der Waals surface area contributed by atoms with E-state index in [9.17, 15) is 4.79 Å². The van der Waals surface area contributed by atoms with Gasteiger partial charge in [-0.15, -0.1) is 11.3 Å². The Balaban J connectivity index is 1.59. The van der Waals surface area contributed by atoms with Crippen LogP contribution in [-0.4, -0.2) is 22.2 Å². The minimum absolute atomic E-state index is 0.171. The summed E-state index contributed by atoms with van der Waals surface area (Å²) in [5, 5.41) is 8.68. The van der Waals surface area contributed by atoms with Crippen molar-refractivity contribution in [2.45, 2.75) is 39.8 Å². The normalized spacial score (nSPS) is 12.0. The zero-order valence-corrected chi connectivity index (χ0v) is 15.8. The minimum Gasteiger partial charge on any atom is -0.480 e. The van der Waals surface area contributed by atoms with Gasteiger partial charge in [-0.3, -0.25) is 4.79 Å². The van der Waals surface area contributed by atoms with Gasteiger partial charge in [-0.25, -0.2) is 0 Å². The monoisotopic (exact) mass is 371 g/mol. The quantitative estimate of drug-likeness (QED) is 0.682. The summed E-state index contributed by atoms with van der Waals surface area (Å²) in [7, 11) is 0. The van der Waals surface area contributed by atoms with Gasteiger partial charge in [-0.05, 0) is 43.3 Å². The summed E-state index contributed by atoms with van der Waals surface area (Å²) in [5.74, 6) is 1.41. The standard InChI is InChI=1S/C19H21N3O3S/c1-4-14(24-15-8-7-12(2)10-13(15)3)19(23)20-11-17-21-18(22-25-17)16-6-5-9-26-16/h5-10,14H,4,11H2,1-3H3,(H,20,23). The van der Waals surface area contributed by atoms with Crippen molar-refractivity contribution in [1.82, 2.24) is 15.5 Å². The Kier molecular flexibility index (Phi) is 5.68. The van der Waals surface area contributed by atoms with Gasteiger partial charge in [-0.1, -0.05) is 35.8 Å². The van der Waals surface area contributed by atoms with Crippen molar-refractivity contribution in [3.63, 3.8) is 0 Å². The van der Waals surface area contributed by atoms with Crippen LogP contribution in [0.2, 0.25) is 0 Å². The van der Waals surface area contributed by atoms with Gasteiger partial charge < -0.3 is 14.6 Å². The molecule has 7 heteroatoms. The Morgan fingerprint density at radius 2 is 2.19 bits per heavy atom. The van der Waals surface area contributed by atoms with Crippen LogP contribution in [0.25, 0.3) is 10.7 Å². The van der Waals surface area contributed by atoms with E-state index in [0.29, 0.717) is 18.1 Å². The average Bonchev–Trinajstić information content (AvgIpc) is 3.30. The third-order valence-electron chi connectivity index (χ3n) is 3.89. The molecule has 2 aromatic heterocycles. The van der Waals surface area contributed by atoms with E-state index in [1.54, 1.807) is 0 Å². The van der Waals surface area contributed by atoms with Crippen LogP contribution in [0.1, 0.15) is 30.4 Å². The Labute approximate surface area is 156 Å². The highest BCUT2D eigenvalue weighted by Crippen LogP contribution is 2.22. The molecular weight excluding hydrogens is 350 g/mol. The number of amides is 1. The molecule has 0 saturated heterocycles. The van der Waals surface area contributed by atoms with Crippen LogP contribution in [0.3, 0.4) is 0 Å². The molecule has 0 aliphatic rings.